The molecule has 3 rings (SSSR count). The van der Waals surface area contributed by atoms with Gasteiger partial charge in [-0.3, -0.25) is 9.48 Å². The van der Waals surface area contributed by atoms with E-state index in [1.54, 1.807) is 30.7 Å². The number of anilines is 1. The molecule has 0 fully saturated rings. The predicted molar refractivity (Wildman–Crippen MR) is 93.7 cm³/mol. The average molecular weight is 380 g/mol. The zero-order chi connectivity index (χ0) is 18.8. The van der Waals surface area contributed by atoms with E-state index in [1.165, 1.54) is 6.07 Å². The molecule has 0 atom stereocenters. The number of hydrogen-bond donors (Lipinski definition) is 1. The van der Waals surface area contributed by atoms with Crippen molar-refractivity contribution in [2.24, 2.45) is 0 Å². The van der Waals surface area contributed by atoms with E-state index in [1.807, 2.05) is 12.1 Å². The Hall–Kier alpha value is -2.74. The van der Waals surface area contributed by atoms with Gasteiger partial charge in [0.25, 0.3) is 5.91 Å². The van der Waals surface area contributed by atoms with Crippen molar-refractivity contribution in [1.82, 2.24) is 19.6 Å². The Labute approximate surface area is 153 Å². The van der Waals surface area contributed by atoms with Crippen LogP contribution in [-0.4, -0.2) is 25.5 Å². The van der Waals surface area contributed by atoms with Crippen molar-refractivity contribution in [2.45, 2.75) is 26.9 Å². The number of halogens is 3. The molecule has 1 N–H and O–H groups in total. The second kappa shape index (κ2) is 7.25. The second-order valence-corrected chi connectivity index (χ2v) is 6.16. The van der Waals surface area contributed by atoms with Crippen LogP contribution in [0.2, 0.25) is 5.02 Å². The van der Waals surface area contributed by atoms with Gasteiger partial charge in [0.15, 0.2) is 0 Å². The first kappa shape index (κ1) is 18.1. The van der Waals surface area contributed by atoms with Crippen LogP contribution in [-0.2, 0) is 6.54 Å². The highest BCUT2D eigenvalue weighted by atomic mass is 35.5. The summed E-state index contributed by atoms with van der Waals surface area (Å²) < 4.78 is 27.9. The van der Waals surface area contributed by atoms with Gasteiger partial charge < -0.3 is 5.32 Å². The lowest BCUT2D eigenvalue weighted by Gasteiger charge is -2.09. The molecule has 0 radical (unpaired) electrons. The van der Waals surface area contributed by atoms with Crippen LogP contribution in [0.25, 0.3) is 0 Å². The molecule has 0 aliphatic rings. The fourth-order valence-electron chi connectivity index (χ4n) is 2.62. The topological polar surface area (TPSA) is 64.7 Å². The lowest BCUT2D eigenvalue weighted by molar-refractivity contribution is 0.0520. The van der Waals surface area contributed by atoms with E-state index in [9.17, 15) is 13.6 Å². The summed E-state index contributed by atoms with van der Waals surface area (Å²) in [4.78, 5) is 12.4. The van der Waals surface area contributed by atoms with Gasteiger partial charge in [0.05, 0.1) is 23.6 Å². The van der Waals surface area contributed by atoms with E-state index in [2.05, 4.69) is 15.5 Å². The summed E-state index contributed by atoms with van der Waals surface area (Å²) >= 11 is 5.89. The van der Waals surface area contributed by atoms with Crippen LogP contribution in [0, 0.1) is 13.8 Å². The van der Waals surface area contributed by atoms with E-state index >= 15 is 0 Å². The smallest absolute Gasteiger partial charge is 0.317 e. The van der Waals surface area contributed by atoms with Crippen molar-refractivity contribution in [3.05, 3.63) is 64.2 Å². The summed E-state index contributed by atoms with van der Waals surface area (Å²) in [7, 11) is 0. The molecule has 1 amide bonds. The number of nitrogens with one attached hydrogen (secondary N) is 1. The lowest BCUT2D eigenvalue weighted by Crippen LogP contribution is -2.19. The van der Waals surface area contributed by atoms with Gasteiger partial charge in [-0.2, -0.15) is 23.7 Å². The number of rotatable bonds is 5. The molecule has 0 aliphatic carbocycles. The third-order valence-electron chi connectivity index (χ3n) is 3.95. The van der Waals surface area contributed by atoms with Gasteiger partial charge in [0.1, 0.15) is 5.69 Å². The van der Waals surface area contributed by atoms with E-state index in [0.717, 1.165) is 11.8 Å². The second-order valence-electron chi connectivity index (χ2n) is 5.72. The Morgan fingerprint density at radius 1 is 1.23 bits per heavy atom. The SMILES string of the molecule is Cc1nn(Cc2ccc(Cl)cc2)c(C)c1NC(=O)c1ccnn1C(F)F. The fourth-order valence-corrected chi connectivity index (χ4v) is 2.75. The van der Waals surface area contributed by atoms with Crippen LogP contribution in [0.1, 0.15) is 34.0 Å². The summed E-state index contributed by atoms with van der Waals surface area (Å²) in [5.74, 6) is -0.667. The van der Waals surface area contributed by atoms with Gasteiger partial charge >= 0.3 is 6.55 Å². The Morgan fingerprint density at radius 2 is 1.92 bits per heavy atom. The highest BCUT2D eigenvalue weighted by Crippen LogP contribution is 2.22. The molecule has 0 unspecified atom stereocenters. The first-order valence-electron chi connectivity index (χ1n) is 7.78. The third-order valence-corrected chi connectivity index (χ3v) is 4.21. The van der Waals surface area contributed by atoms with E-state index in [-0.39, 0.29) is 5.69 Å². The zero-order valence-corrected chi connectivity index (χ0v) is 14.8. The van der Waals surface area contributed by atoms with Gasteiger partial charge in [0.2, 0.25) is 0 Å². The number of hydrogen-bond acceptors (Lipinski definition) is 3. The van der Waals surface area contributed by atoms with Gasteiger partial charge in [-0.1, -0.05) is 23.7 Å². The van der Waals surface area contributed by atoms with Gasteiger partial charge in [-0.05, 0) is 37.6 Å². The minimum atomic E-state index is -2.89. The quantitative estimate of drug-likeness (QED) is 0.727. The molecular weight excluding hydrogens is 364 g/mol. The number of aryl methyl sites for hydroxylation is 1. The first-order chi connectivity index (χ1) is 12.4. The van der Waals surface area contributed by atoms with Crippen LogP contribution >= 0.6 is 11.6 Å². The predicted octanol–water partition coefficient (Wildman–Crippen LogP) is 4.05. The normalized spacial score (nSPS) is 11.2. The van der Waals surface area contributed by atoms with E-state index in [4.69, 9.17) is 11.6 Å². The van der Waals surface area contributed by atoms with Crippen LogP contribution < -0.4 is 5.32 Å². The molecule has 0 aliphatic heterocycles. The zero-order valence-electron chi connectivity index (χ0n) is 14.1. The monoisotopic (exact) mass is 379 g/mol. The Balaban J connectivity index is 1.82. The maximum absolute atomic E-state index is 12.9. The third kappa shape index (κ3) is 3.60. The molecule has 1 aromatic carbocycles. The molecule has 6 nitrogen and oxygen atoms in total. The molecule has 3 aromatic rings. The summed E-state index contributed by atoms with van der Waals surface area (Å²) in [5.41, 5.74) is 2.57. The molecule has 2 aromatic heterocycles. The Kier molecular flexibility index (Phi) is 5.03. The number of aromatic nitrogens is 4. The number of alkyl halides is 2. The molecule has 9 heteroatoms. The fraction of sp³-hybridized carbons (Fsp3) is 0.235. The standard InChI is InChI=1S/C17H16ClF2N5O/c1-10-15(22-16(26)14-7-8-21-25(14)17(19)20)11(2)24(23-10)9-12-3-5-13(18)6-4-12/h3-8,17H,9H2,1-2H3,(H,22,26). The summed E-state index contributed by atoms with van der Waals surface area (Å²) in [6.07, 6.45) is 1.16. The minimum Gasteiger partial charge on any atom is -0.317 e. The maximum Gasteiger partial charge on any atom is 0.333 e. The van der Waals surface area contributed by atoms with Crippen LogP contribution in [0.15, 0.2) is 36.5 Å². The Morgan fingerprint density at radius 3 is 2.58 bits per heavy atom. The molecule has 0 saturated carbocycles. The summed E-state index contributed by atoms with van der Waals surface area (Å²) in [6.45, 7) is 1.15. The first-order valence-corrected chi connectivity index (χ1v) is 8.16. The van der Waals surface area contributed by atoms with Gasteiger partial charge in [-0.15, -0.1) is 0 Å². The summed E-state index contributed by atoms with van der Waals surface area (Å²) in [5, 5.41) is 11.2. The summed E-state index contributed by atoms with van der Waals surface area (Å²) in [6, 6.07) is 8.59. The van der Waals surface area contributed by atoms with Crippen molar-refractivity contribution < 1.29 is 13.6 Å². The number of benzene rings is 1. The number of carbonyl (C=O) groups is 1. The van der Waals surface area contributed by atoms with Gasteiger partial charge in [0, 0.05) is 11.2 Å². The molecule has 0 spiro atoms. The van der Waals surface area contributed by atoms with Crippen molar-refractivity contribution in [2.75, 3.05) is 5.32 Å². The number of carbonyl (C=O) groups excluding carboxylic acids is 1. The highest BCUT2D eigenvalue weighted by Gasteiger charge is 2.21. The minimum absolute atomic E-state index is 0.218. The van der Waals surface area contributed by atoms with E-state index in [0.29, 0.717) is 33.3 Å². The largest absolute Gasteiger partial charge is 0.333 e. The number of amides is 1. The highest BCUT2D eigenvalue weighted by molar-refractivity contribution is 6.30. The van der Waals surface area contributed by atoms with Gasteiger partial charge in [-0.25, -0.2) is 0 Å². The van der Waals surface area contributed by atoms with Crippen LogP contribution in [0.5, 0.6) is 0 Å². The van der Waals surface area contributed by atoms with Crippen LogP contribution in [0.4, 0.5) is 14.5 Å². The average Bonchev–Trinajstić information content (AvgIpc) is 3.18. The maximum atomic E-state index is 12.9. The molecule has 2 heterocycles. The van der Waals surface area contributed by atoms with Crippen molar-refractivity contribution in [3.8, 4) is 0 Å². The van der Waals surface area contributed by atoms with Crippen molar-refractivity contribution >= 4 is 23.2 Å². The molecule has 0 bridgehead atoms. The molecule has 0 saturated heterocycles. The lowest BCUT2D eigenvalue weighted by atomic mass is 10.2. The molecule has 136 valence electrons. The Bertz CT molecular complexity index is 933. The van der Waals surface area contributed by atoms with Crippen molar-refractivity contribution in [1.29, 1.82) is 0 Å². The molecule has 26 heavy (non-hydrogen) atoms. The molecular formula is C17H16ClF2N5O. The van der Waals surface area contributed by atoms with Crippen molar-refractivity contribution in [3.63, 3.8) is 0 Å². The number of nitrogens with zero attached hydrogens (tertiary/aromatic N) is 4. The van der Waals surface area contributed by atoms with E-state index < -0.39 is 12.5 Å². The van der Waals surface area contributed by atoms with Crippen LogP contribution in [0.3, 0.4) is 0 Å².